The standard InChI is InChI=1S/C13H10N8/c14-9-3-1-8(2-4-9)11-19-7-21(20-11)13-10-12(16-5-15-10)17-6-18-13/h1-7H,14H2,(H,15,16,17,18). The van der Waals surface area contributed by atoms with Crippen LogP contribution in [0.5, 0.6) is 0 Å². The van der Waals surface area contributed by atoms with E-state index in [-0.39, 0.29) is 0 Å². The molecule has 4 rings (SSSR count). The van der Waals surface area contributed by atoms with E-state index in [1.807, 2.05) is 24.3 Å². The summed E-state index contributed by atoms with van der Waals surface area (Å²) in [5.41, 5.74) is 8.57. The number of aromatic nitrogens is 7. The zero-order valence-electron chi connectivity index (χ0n) is 10.8. The molecular weight excluding hydrogens is 268 g/mol. The van der Waals surface area contributed by atoms with Gasteiger partial charge in [-0.2, -0.15) is 4.68 Å². The molecule has 0 spiro atoms. The van der Waals surface area contributed by atoms with Crippen LogP contribution in [0.2, 0.25) is 0 Å². The molecule has 8 heteroatoms. The van der Waals surface area contributed by atoms with Crippen LogP contribution in [0.1, 0.15) is 0 Å². The Hall–Kier alpha value is -3.29. The molecule has 0 aliphatic rings. The number of H-pyrrole nitrogens is 1. The minimum atomic E-state index is 0.588. The molecule has 3 N–H and O–H groups in total. The minimum Gasteiger partial charge on any atom is -0.399 e. The Balaban J connectivity index is 1.81. The van der Waals surface area contributed by atoms with Crippen LogP contribution in [0, 0.1) is 0 Å². The van der Waals surface area contributed by atoms with Gasteiger partial charge in [0.1, 0.15) is 18.2 Å². The molecular formula is C13H10N8. The highest BCUT2D eigenvalue weighted by Crippen LogP contribution is 2.18. The van der Waals surface area contributed by atoms with E-state index >= 15 is 0 Å². The SMILES string of the molecule is Nc1ccc(-c2ncn(-c3ncnc4nc[nH]c34)n2)cc1. The van der Waals surface area contributed by atoms with Crippen LogP contribution < -0.4 is 5.73 Å². The summed E-state index contributed by atoms with van der Waals surface area (Å²) in [5, 5.41) is 4.44. The molecule has 0 saturated heterocycles. The highest BCUT2D eigenvalue weighted by Gasteiger charge is 2.11. The van der Waals surface area contributed by atoms with E-state index in [0.29, 0.717) is 28.5 Å². The van der Waals surface area contributed by atoms with Crippen molar-refractivity contribution in [1.29, 1.82) is 0 Å². The molecule has 0 fully saturated rings. The van der Waals surface area contributed by atoms with Crippen molar-refractivity contribution in [3.05, 3.63) is 43.2 Å². The molecule has 0 bridgehead atoms. The number of imidazole rings is 1. The number of fused-ring (bicyclic) bond motifs is 1. The van der Waals surface area contributed by atoms with Gasteiger partial charge in [0, 0.05) is 11.3 Å². The van der Waals surface area contributed by atoms with Crippen LogP contribution in [0.25, 0.3) is 28.4 Å². The van der Waals surface area contributed by atoms with Crippen molar-refractivity contribution >= 4 is 16.9 Å². The maximum absolute atomic E-state index is 5.68. The monoisotopic (exact) mass is 278 g/mol. The fraction of sp³-hybridized carbons (Fsp3) is 0. The first-order valence-corrected chi connectivity index (χ1v) is 6.23. The summed E-state index contributed by atoms with van der Waals surface area (Å²) in [7, 11) is 0. The van der Waals surface area contributed by atoms with Crippen molar-refractivity contribution < 1.29 is 0 Å². The summed E-state index contributed by atoms with van der Waals surface area (Å²) in [5.74, 6) is 1.20. The predicted molar refractivity (Wildman–Crippen MR) is 76.4 cm³/mol. The van der Waals surface area contributed by atoms with Crippen molar-refractivity contribution in [1.82, 2.24) is 34.7 Å². The maximum Gasteiger partial charge on any atom is 0.184 e. The summed E-state index contributed by atoms with van der Waals surface area (Å²) >= 11 is 0. The van der Waals surface area contributed by atoms with Gasteiger partial charge in [0.25, 0.3) is 0 Å². The number of anilines is 1. The van der Waals surface area contributed by atoms with Gasteiger partial charge in [-0.3, -0.25) is 0 Å². The third-order valence-corrected chi connectivity index (χ3v) is 3.08. The molecule has 0 atom stereocenters. The summed E-state index contributed by atoms with van der Waals surface area (Å²) in [6.07, 6.45) is 4.62. The lowest BCUT2D eigenvalue weighted by Crippen LogP contribution is -2.00. The molecule has 0 aliphatic carbocycles. The van der Waals surface area contributed by atoms with Crippen molar-refractivity contribution in [2.75, 3.05) is 5.73 Å². The van der Waals surface area contributed by atoms with Crippen LogP contribution >= 0.6 is 0 Å². The van der Waals surface area contributed by atoms with E-state index in [4.69, 9.17) is 5.73 Å². The molecule has 0 unspecified atom stereocenters. The molecule has 0 amide bonds. The number of aromatic amines is 1. The molecule has 0 aliphatic heterocycles. The number of hydrogen-bond acceptors (Lipinski definition) is 6. The van der Waals surface area contributed by atoms with Gasteiger partial charge < -0.3 is 10.7 Å². The Labute approximate surface area is 118 Å². The van der Waals surface area contributed by atoms with Gasteiger partial charge in [-0.15, -0.1) is 5.10 Å². The van der Waals surface area contributed by atoms with E-state index in [0.717, 1.165) is 5.56 Å². The van der Waals surface area contributed by atoms with Crippen molar-refractivity contribution in [2.45, 2.75) is 0 Å². The second-order valence-electron chi connectivity index (χ2n) is 4.43. The highest BCUT2D eigenvalue weighted by atomic mass is 15.4. The molecule has 3 heterocycles. The second-order valence-corrected chi connectivity index (χ2v) is 4.43. The van der Waals surface area contributed by atoms with E-state index < -0.39 is 0 Å². The molecule has 102 valence electrons. The maximum atomic E-state index is 5.68. The molecule has 0 radical (unpaired) electrons. The predicted octanol–water partition coefficient (Wildman–Crippen LogP) is 1.18. The van der Waals surface area contributed by atoms with Gasteiger partial charge in [-0.25, -0.2) is 19.9 Å². The van der Waals surface area contributed by atoms with Crippen LogP contribution in [0.3, 0.4) is 0 Å². The highest BCUT2D eigenvalue weighted by molar-refractivity contribution is 5.77. The first kappa shape index (κ1) is 11.5. The van der Waals surface area contributed by atoms with Crippen LogP contribution in [-0.4, -0.2) is 34.7 Å². The fourth-order valence-electron chi connectivity index (χ4n) is 2.06. The number of hydrogen-bond donors (Lipinski definition) is 2. The third-order valence-electron chi connectivity index (χ3n) is 3.08. The lowest BCUT2D eigenvalue weighted by molar-refractivity contribution is 0.849. The number of nitrogens with zero attached hydrogens (tertiary/aromatic N) is 6. The lowest BCUT2D eigenvalue weighted by Gasteiger charge is -1.99. The minimum absolute atomic E-state index is 0.588. The van der Waals surface area contributed by atoms with Gasteiger partial charge in [0.15, 0.2) is 17.3 Å². The molecule has 8 nitrogen and oxygen atoms in total. The summed E-state index contributed by atoms with van der Waals surface area (Å²) in [4.78, 5) is 19.7. The molecule has 4 aromatic rings. The van der Waals surface area contributed by atoms with Gasteiger partial charge in [0.2, 0.25) is 0 Å². The molecule has 1 aromatic carbocycles. The van der Waals surface area contributed by atoms with E-state index in [2.05, 4.69) is 30.0 Å². The summed E-state index contributed by atoms with van der Waals surface area (Å²) in [6, 6.07) is 7.38. The second kappa shape index (κ2) is 4.37. The summed E-state index contributed by atoms with van der Waals surface area (Å²) in [6.45, 7) is 0. The number of nitrogens with one attached hydrogen (secondary N) is 1. The number of nitrogens with two attached hydrogens (primary N) is 1. The van der Waals surface area contributed by atoms with Gasteiger partial charge in [-0.1, -0.05) is 0 Å². The Morgan fingerprint density at radius 2 is 1.86 bits per heavy atom. The zero-order valence-corrected chi connectivity index (χ0v) is 10.8. The summed E-state index contributed by atoms with van der Waals surface area (Å²) < 4.78 is 1.59. The zero-order chi connectivity index (χ0) is 14.2. The van der Waals surface area contributed by atoms with Gasteiger partial charge in [-0.05, 0) is 24.3 Å². The Bertz CT molecular complexity index is 905. The first-order chi connectivity index (χ1) is 10.3. The smallest absolute Gasteiger partial charge is 0.184 e. The van der Waals surface area contributed by atoms with Crippen LogP contribution in [0.15, 0.2) is 43.2 Å². The third kappa shape index (κ3) is 1.89. The van der Waals surface area contributed by atoms with E-state index in [1.54, 1.807) is 17.3 Å². The lowest BCUT2D eigenvalue weighted by atomic mass is 10.2. The van der Waals surface area contributed by atoms with Crippen molar-refractivity contribution in [3.8, 4) is 17.2 Å². The largest absolute Gasteiger partial charge is 0.399 e. The number of nitrogen functional groups attached to an aromatic ring is 1. The normalized spacial score (nSPS) is 11.0. The number of benzene rings is 1. The first-order valence-electron chi connectivity index (χ1n) is 6.23. The fourth-order valence-corrected chi connectivity index (χ4v) is 2.06. The van der Waals surface area contributed by atoms with E-state index in [9.17, 15) is 0 Å². The Kier molecular flexibility index (Phi) is 2.40. The van der Waals surface area contributed by atoms with Gasteiger partial charge in [0.05, 0.1) is 6.33 Å². The molecule has 21 heavy (non-hydrogen) atoms. The average Bonchev–Trinajstić information content (AvgIpc) is 3.16. The average molecular weight is 278 g/mol. The molecule has 0 saturated carbocycles. The van der Waals surface area contributed by atoms with Crippen molar-refractivity contribution in [2.24, 2.45) is 0 Å². The van der Waals surface area contributed by atoms with Crippen LogP contribution in [-0.2, 0) is 0 Å². The van der Waals surface area contributed by atoms with E-state index in [1.165, 1.54) is 6.33 Å². The topological polar surface area (TPSA) is 111 Å². The molecule has 3 aromatic heterocycles. The van der Waals surface area contributed by atoms with Crippen LogP contribution in [0.4, 0.5) is 5.69 Å². The van der Waals surface area contributed by atoms with Gasteiger partial charge >= 0.3 is 0 Å². The number of rotatable bonds is 2. The quantitative estimate of drug-likeness (QED) is 0.533. The van der Waals surface area contributed by atoms with Crippen molar-refractivity contribution in [3.63, 3.8) is 0 Å². The Morgan fingerprint density at radius 3 is 2.71 bits per heavy atom. The Morgan fingerprint density at radius 1 is 1.00 bits per heavy atom.